The van der Waals surface area contributed by atoms with Crippen LogP contribution in [0.3, 0.4) is 0 Å². The maximum Gasteiger partial charge on any atom is 0.394 e. The van der Waals surface area contributed by atoms with E-state index in [4.69, 9.17) is 14.3 Å². The number of benzene rings is 1. The van der Waals surface area contributed by atoms with Crippen LogP contribution in [-0.4, -0.2) is 22.2 Å². The van der Waals surface area contributed by atoms with Crippen molar-refractivity contribution < 1.29 is 19.1 Å². The number of rotatable bonds is 4. The third-order valence-corrected chi connectivity index (χ3v) is 2.49. The fraction of sp³-hybridized carbons (Fsp3) is 0.333. The number of ether oxygens (including phenoxy) is 1. The Morgan fingerprint density at radius 1 is 1.59 bits per heavy atom. The zero-order valence-corrected chi connectivity index (χ0v) is 9.64. The van der Waals surface area contributed by atoms with Crippen molar-refractivity contribution in [3.8, 4) is 6.08 Å². The average molecular weight is 235 g/mol. The maximum atomic E-state index is 10.8. The van der Waals surface area contributed by atoms with Gasteiger partial charge in [0.05, 0.1) is 5.56 Å². The Bertz CT molecular complexity index is 546. The molecule has 0 spiro atoms. The van der Waals surface area contributed by atoms with Crippen molar-refractivity contribution in [2.45, 2.75) is 26.4 Å². The minimum atomic E-state index is -0.993. The lowest BCUT2D eigenvalue weighted by molar-refractivity contribution is 0.0696. The van der Waals surface area contributed by atoms with Crippen LogP contribution in [0, 0.1) is 0 Å². The molecule has 0 aliphatic heterocycles. The zero-order valence-electron chi connectivity index (χ0n) is 9.64. The Kier molecular flexibility index (Phi) is 2.99. The third kappa shape index (κ3) is 2.38. The van der Waals surface area contributed by atoms with Crippen LogP contribution in [0.25, 0.3) is 11.1 Å². The summed E-state index contributed by atoms with van der Waals surface area (Å²) in [6.07, 6.45) is 1.04. The molecule has 0 amide bonds. The molecule has 1 aromatic carbocycles. The topological polar surface area (TPSA) is 72.6 Å². The monoisotopic (exact) mass is 235 g/mol. The highest BCUT2D eigenvalue weighted by Crippen LogP contribution is 2.22. The lowest BCUT2D eigenvalue weighted by atomic mass is 10.2. The van der Waals surface area contributed by atoms with Gasteiger partial charge in [-0.25, -0.2) is 4.79 Å². The second-order valence-electron chi connectivity index (χ2n) is 3.80. The second-order valence-corrected chi connectivity index (χ2v) is 3.80. The molecule has 5 nitrogen and oxygen atoms in total. The first-order chi connectivity index (χ1) is 8.10. The molecule has 1 atom stereocenters. The maximum absolute atomic E-state index is 10.8. The van der Waals surface area contributed by atoms with Crippen LogP contribution in [0.1, 0.15) is 30.6 Å². The van der Waals surface area contributed by atoms with E-state index in [2.05, 4.69) is 4.98 Å². The van der Waals surface area contributed by atoms with Gasteiger partial charge in [-0.15, -0.1) is 0 Å². The number of aromatic nitrogens is 1. The van der Waals surface area contributed by atoms with Gasteiger partial charge < -0.3 is 14.3 Å². The van der Waals surface area contributed by atoms with E-state index in [1.807, 2.05) is 13.8 Å². The lowest BCUT2D eigenvalue weighted by Gasteiger charge is -2.06. The van der Waals surface area contributed by atoms with Crippen molar-refractivity contribution in [2.75, 3.05) is 0 Å². The minimum absolute atomic E-state index is 0.0157. The number of carbonyl (C=O) groups is 1. The molecule has 0 bridgehead atoms. The normalized spacial score (nSPS) is 12.6. The van der Waals surface area contributed by atoms with Gasteiger partial charge in [0.1, 0.15) is 11.6 Å². The van der Waals surface area contributed by atoms with Gasteiger partial charge in [-0.3, -0.25) is 0 Å². The van der Waals surface area contributed by atoms with E-state index < -0.39 is 5.97 Å². The molecule has 0 fully saturated rings. The third-order valence-electron chi connectivity index (χ3n) is 2.49. The van der Waals surface area contributed by atoms with Gasteiger partial charge >= 0.3 is 12.0 Å². The molecule has 0 aliphatic rings. The molecule has 0 radical (unpaired) electrons. The minimum Gasteiger partial charge on any atom is -0.478 e. The van der Waals surface area contributed by atoms with E-state index in [-0.39, 0.29) is 17.7 Å². The molecule has 1 aromatic heterocycles. The number of carboxylic acid groups (broad SMARTS) is 1. The first-order valence-electron chi connectivity index (χ1n) is 5.40. The van der Waals surface area contributed by atoms with Crippen LogP contribution >= 0.6 is 0 Å². The van der Waals surface area contributed by atoms with E-state index in [1.165, 1.54) is 12.1 Å². The Labute approximate surface area is 98.0 Å². The SMILES string of the molecule is CCC(C)Oc1nc2ccc(C(=O)O)cc2o1. The summed E-state index contributed by atoms with van der Waals surface area (Å²) in [4.78, 5) is 14.9. The van der Waals surface area contributed by atoms with E-state index in [9.17, 15) is 4.79 Å². The summed E-state index contributed by atoms with van der Waals surface area (Å²) in [7, 11) is 0. The van der Waals surface area contributed by atoms with Crippen LogP contribution in [0.2, 0.25) is 0 Å². The summed E-state index contributed by atoms with van der Waals surface area (Å²) in [6.45, 7) is 3.91. The summed E-state index contributed by atoms with van der Waals surface area (Å²) in [6, 6.07) is 4.53. The van der Waals surface area contributed by atoms with Crippen molar-refractivity contribution in [2.24, 2.45) is 0 Å². The predicted molar refractivity (Wildman–Crippen MR) is 61.3 cm³/mol. The van der Waals surface area contributed by atoms with Crippen LogP contribution in [-0.2, 0) is 0 Å². The first kappa shape index (κ1) is 11.4. The van der Waals surface area contributed by atoms with Gasteiger partial charge in [0, 0.05) is 0 Å². The summed E-state index contributed by atoms with van der Waals surface area (Å²) < 4.78 is 10.8. The number of nitrogens with zero attached hydrogens (tertiary/aromatic N) is 1. The van der Waals surface area contributed by atoms with Crippen molar-refractivity contribution in [1.82, 2.24) is 4.98 Å². The van der Waals surface area contributed by atoms with Crippen molar-refractivity contribution in [3.63, 3.8) is 0 Å². The number of hydrogen-bond acceptors (Lipinski definition) is 4. The lowest BCUT2D eigenvalue weighted by Crippen LogP contribution is -2.09. The van der Waals surface area contributed by atoms with Gasteiger partial charge in [-0.1, -0.05) is 6.92 Å². The highest BCUT2D eigenvalue weighted by atomic mass is 16.6. The number of hydrogen-bond donors (Lipinski definition) is 1. The highest BCUT2D eigenvalue weighted by Gasteiger charge is 2.12. The van der Waals surface area contributed by atoms with Crippen LogP contribution < -0.4 is 4.74 Å². The molecule has 17 heavy (non-hydrogen) atoms. The smallest absolute Gasteiger partial charge is 0.394 e. The van der Waals surface area contributed by atoms with Crippen molar-refractivity contribution in [3.05, 3.63) is 23.8 Å². The molecule has 90 valence electrons. The molecule has 0 saturated heterocycles. The summed E-state index contributed by atoms with van der Waals surface area (Å²) in [5, 5.41) is 8.84. The molecule has 5 heteroatoms. The van der Waals surface area contributed by atoms with E-state index in [1.54, 1.807) is 6.07 Å². The molecule has 0 saturated carbocycles. The Morgan fingerprint density at radius 2 is 2.35 bits per heavy atom. The predicted octanol–water partition coefficient (Wildman–Crippen LogP) is 2.70. The molecular formula is C12H13NO4. The van der Waals surface area contributed by atoms with Gasteiger partial charge in [0.25, 0.3) is 0 Å². The molecule has 1 N–H and O–H groups in total. The first-order valence-corrected chi connectivity index (χ1v) is 5.40. The summed E-state index contributed by atoms with van der Waals surface area (Å²) in [5.41, 5.74) is 1.18. The van der Waals surface area contributed by atoms with Gasteiger partial charge in [-0.05, 0) is 31.5 Å². The van der Waals surface area contributed by atoms with Crippen LogP contribution in [0.15, 0.2) is 22.6 Å². The summed E-state index contributed by atoms with van der Waals surface area (Å²) >= 11 is 0. The van der Waals surface area contributed by atoms with Crippen molar-refractivity contribution in [1.29, 1.82) is 0 Å². The Morgan fingerprint density at radius 3 is 3.00 bits per heavy atom. The van der Waals surface area contributed by atoms with Crippen LogP contribution in [0.4, 0.5) is 0 Å². The van der Waals surface area contributed by atoms with Gasteiger partial charge in [0.2, 0.25) is 0 Å². The number of carboxylic acids is 1. The quantitative estimate of drug-likeness (QED) is 0.881. The molecule has 2 aromatic rings. The average Bonchev–Trinajstić information content (AvgIpc) is 2.69. The molecule has 1 heterocycles. The Balaban J connectivity index is 2.33. The summed E-state index contributed by atoms with van der Waals surface area (Å²) in [5.74, 6) is -0.993. The van der Waals surface area contributed by atoms with E-state index in [0.717, 1.165) is 6.42 Å². The zero-order chi connectivity index (χ0) is 12.4. The number of oxazole rings is 1. The molecular weight excluding hydrogens is 222 g/mol. The molecule has 1 unspecified atom stereocenters. The largest absolute Gasteiger partial charge is 0.478 e. The second kappa shape index (κ2) is 4.45. The Hall–Kier alpha value is -2.04. The van der Waals surface area contributed by atoms with Gasteiger partial charge in [-0.2, -0.15) is 4.98 Å². The highest BCUT2D eigenvalue weighted by molar-refractivity contribution is 5.91. The fourth-order valence-electron chi connectivity index (χ4n) is 1.34. The van der Waals surface area contributed by atoms with Crippen LogP contribution in [0.5, 0.6) is 6.08 Å². The van der Waals surface area contributed by atoms with Gasteiger partial charge in [0.15, 0.2) is 5.58 Å². The molecule has 2 rings (SSSR count). The van der Waals surface area contributed by atoms with E-state index in [0.29, 0.717) is 11.1 Å². The number of aromatic carboxylic acids is 1. The standard InChI is InChI=1S/C12H13NO4/c1-3-7(2)16-12-13-9-5-4-8(11(14)15)6-10(9)17-12/h4-7H,3H2,1-2H3,(H,14,15). The molecule has 0 aliphatic carbocycles. The van der Waals surface area contributed by atoms with E-state index >= 15 is 0 Å². The fourth-order valence-corrected chi connectivity index (χ4v) is 1.34. The van der Waals surface area contributed by atoms with Crippen molar-refractivity contribution >= 4 is 17.1 Å². The number of fused-ring (bicyclic) bond motifs is 1.